The Balaban J connectivity index is 1.42. The third kappa shape index (κ3) is 5.70. The Morgan fingerprint density at radius 3 is 2.03 bits per heavy atom. The quantitative estimate of drug-likeness (QED) is 0.285. The van der Waals surface area contributed by atoms with Gasteiger partial charge in [-0.15, -0.1) is 0 Å². The van der Waals surface area contributed by atoms with Crippen LogP contribution in [0, 0.1) is 13.8 Å². The number of hydrogen-bond acceptors (Lipinski definition) is 5. The van der Waals surface area contributed by atoms with E-state index in [0.29, 0.717) is 23.0 Å². The molecule has 0 saturated heterocycles. The number of amides is 1. The number of nitrogens with one attached hydrogen (secondary N) is 3. The van der Waals surface area contributed by atoms with Gasteiger partial charge in [0.1, 0.15) is 5.82 Å². The lowest BCUT2D eigenvalue weighted by molar-refractivity contribution is 0.102. The van der Waals surface area contributed by atoms with Crippen molar-refractivity contribution in [3.63, 3.8) is 0 Å². The van der Waals surface area contributed by atoms with Crippen LogP contribution in [0.5, 0.6) is 0 Å². The number of aromatic nitrogens is 2. The Bertz CT molecular complexity index is 1220. The first kappa shape index (κ1) is 21.5. The van der Waals surface area contributed by atoms with Gasteiger partial charge < -0.3 is 16.0 Å². The Labute approximate surface area is 195 Å². The van der Waals surface area contributed by atoms with Gasteiger partial charge in [0.2, 0.25) is 5.95 Å². The molecule has 0 atom stereocenters. The van der Waals surface area contributed by atoms with E-state index >= 15 is 0 Å². The molecule has 0 bridgehead atoms. The van der Waals surface area contributed by atoms with E-state index in [1.165, 1.54) is 5.56 Å². The minimum absolute atomic E-state index is 0.156. The van der Waals surface area contributed by atoms with Crippen LogP contribution >= 0.6 is 15.9 Å². The van der Waals surface area contributed by atoms with Crippen LogP contribution in [-0.2, 0) is 0 Å². The van der Waals surface area contributed by atoms with Crippen molar-refractivity contribution in [1.29, 1.82) is 0 Å². The highest BCUT2D eigenvalue weighted by Crippen LogP contribution is 2.21. The molecule has 32 heavy (non-hydrogen) atoms. The first-order chi connectivity index (χ1) is 15.4. The van der Waals surface area contributed by atoms with Gasteiger partial charge in [-0.05, 0) is 74.5 Å². The van der Waals surface area contributed by atoms with Crippen molar-refractivity contribution in [2.45, 2.75) is 13.8 Å². The number of carbonyl (C=O) groups excluding carboxylic acids is 1. The van der Waals surface area contributed by atoms with Crippen molar-refractivity contribution >= 4 is 50.7 Å². The average Bonchev–Trinajstić information content (AvgIpc) is 2.77. The van der Waals surface area contributed by atoms with Crippen LogP contribution in [0.1, 0.15) is 21.6 Å². The normalized spacial score (nSPS) is 10.5. The molecule has 7 heteroatoms. The summed E-state index contributed by atoms with van der Waals surface area (Å²) in [4.78, 5) is 21.4. The molecule has 160 valence electrons. The minimum Gasteiger partial charge on any atom is -0.340 e. The summed E-state index contributed by atoms with van der Waals surface area (Å²) in [5.41, 5.74) is 5.13. The van der Waals surface area contributed by atoms with Crippen molar-refractivity contribution in [2.24, 2.45) is 0 Å². The van der Waals surface area contributed by atoms with E-state index in [0.717, 1.165) is 21.5 Å². The molecule has 0 radical (unpaired) electrons. The van der Waals surface area contributed by atoms with Crippen LogP contribution in [0.25, 0.3) is 0 Å². The van der Waals surface area contributed by atoms with Gasteiger partial charge >= 0.3 is 0 Å². The standard InChI is InChI=1S/C25H22BrN5O/c1-16-3-9-22(10-4-16)30-25-27-17(2)15-23(31-25)28-20-11-13-21(14-12-20)29-24(32)18-5-7-19(26)8-6-18/h3-15H,1-2H3,(H,29,32)(H2,27,28,30,31). The van der Waals surface area contributed by atoms with Crippen molar-refractivity contribution in [2.75, 3.05) is 16.0 Å². The molecule has 3 aromatic carbocycles. The molecular formula is C25H22BrN5O. The fourth-order valence-electron chi connectivity index (χ4n) is 3.04. The highest BCUT2D eigenvalue weighted by molar-refractivity contribution is 9.10. The summed E-state index contributed by atoms with van der Waals surface area (Å²) in [6, 6.07) is 24.6. The number of carbonyl (C=O) groups is 1. The number of benzene rings is 3. The summed E-state index contributed by atoms with van der Waals surface area (Å²) < 4.78 is 0.932. The molecule has 1 amide bonds. The van der Waals surface area contributed by atoms with Gasteiger partial charge in [0.05, 0.1) is 0 Å². The Kier molecular flexibility index (Phi) is 6.47. The van der Waals surface area contributed by atoms with E-state index < -0.39 is 0 Å². The first-order valence-electron chi connectivity index (χ1n) is 10.1. The number of anilines is 5. The summed E-state index contributed by atoms with van der Waals surface area (Å²) >= 11 is 3.37. The lowest BCUT2D eigenvalue weighted by Gasteiger charge is -2.11. The maximum atomic E-state index is 12.4. The summed E-state index contributed by atoms with van der Waals surface area (Å²) in [5.74, 6) is 1.05. The van der Waals surface area contributed by atoms with E-state index in [1.54, 1.807) is 12.1 Å². The predicted molar refractivity (Wildman–Crippen MR) is 133 cm³/mol. The van der Waals surface area contributed by atoms with E-state index in [4.69, 9.17) is 0 Å². The van der Waals surface area contributed by atoms with E-state index in [-0.39, 0.29) is 5.91 Å². The van der Waals surface area contributed by atoms with Gasteiger partial charge in [-0.3, -0.25) is 4.79 Å². The molecule has 3 N–H and O–H groups in total. The van der Waals surface area contributed by atoms with Crippen molar-refractivity contribution in [3.05, 3.63) is 100 Å². The molecule has 0 unspecified atom stereocenters. The largest absolute Gasteiger partial charge is 0.340 e. The second kappa shape index (κ2) is 9.62. The second-order valence-electron chi connectivity index (χ2n) is 7.37. The van der Waals surface area contributed by atoms with Crippen molar-refractivity contribution in [3.8, 4) is 0 Å². The van der Waals surface area contributed by atoms with Gasteiger partial charge in [0.25, 0.3) is 5.91 Å². The molecule has 4 aromatic rings. The SMILES string of the molecule is Cc1ccc(Nc2nc(C)cc(Nc3ccc(NC(=O)c4ccc(Br)cc4)cc3)n2)cc1. The molecule has 0 spiro atoms. The van der Waals surface area contributed by atoms with Gasteiger partial charge in [-0.25, -0.2) is 4.98 Å². The fraction of sp³-hybridized carbons (Fsp3) is 0.0800. The van der Waals surface area contributed by atoms with Crippen LogP contribution in [-0.4, -0.2) is 15.9 Å². The summed E-state index contributed by atoms with van der Waals surface area (Å²) in [6.45, 7) is 3.97. The maximum Gasteiger partial charge on any atom is 0.255 e. The van der Waals surface area contributed by atoms with Crippen LogP contribution in [0.4, 0.5) is 28.8 Å². The van der Waals surface area contributed by atoms with Gasteiger partial charge in [0, 0.05) is 38.9 Å². The van der Waals surface area contributed by atoms with Crippen molar-refractivity contribution in [1.82, 2.24) is 9.97 Å². The predicted octanol–water partition coefficient (Wildman–Crippen LogP) is 6.60. The van der Waals surface area contributed by atoms with Crippen LogP contribution < -0.4 is 16.0 Å². The topological polar surface area (TPSA) is 78.9 Å². The molecule has 1 aromatic heterocycles. The van der Waals surface area contributed by atoms with E-state index in [1.807, 2.05) is 80.6 Å². The van der Waals surface area contributed by atoms with E-state index in [2.05, 4.69) is 41.8 Å². The number of halogens is 1. The lowest BCUT2D eigenvalue weighted by atomic mass is 10.2. The van der Waals surface area contributed by atoms with Gasteiger partial charge in [0.15, 0.2) is 0 Å². The Morgan fingerprint density at radius 1 is 0.750 bits per heavy atom. The number of nitrogens with zero attached hydrogens (tertiary/aromatic N) is 2. The highest BCUT2D eigenvalue weighted by Gasteiger charge is 2.07. The molecule has 0 aliphatic heterocycles. The maximum absolute atomic E-state index is 12.4. The monoisotopic (exact) mass is 487 g/mol. The molecule has 0 aliphatic rings. The van der Waals surface area contributed by atoms with Gasteiger partial charge in [-0.2, -0.15) is 4.98 Å². The summed E-state index contributed by atoms with van der Waals surface area (Å²) in [5, 5.41) is 9.43. The smallest absolute Gasteiger partial charge is 0.255 e. The van der Waals surface area contributed by atoms with Crippen LogP contribution in [0.2, 0.25) is 0 Å². The highest BCUT2D eigenvalue weighted by atomic mass is 79.9. The molecule has 1 heterocycles. The fourth-order valence-corrected chi connectivity index (χ4v) is 3.31. The molecular weight excluding hydrogens is 466 g/mol. The zero-order valence-electron chi connectivity index (χ0n) is 17.7. The van der Waals surface area contributed by atoms with E-state index in [9.17, 15) is 4.79 Å². The molecule has 6 nitrogen and oxygen atoms in total. The van der Waals surface area contributed by atoms with Crippen LogP contribution in [0.3, 0.4) is 0 Å². The summed E-state index contributed by atoms with van der Waals surface area (Å²) in [6.07, 6.45) is 0. The zero-order valence-corrected chi connectivity index (χ0v) is 19.3. The van der Waals surface area contributed by atoms with Crippen LogP contribution in [0.15, 0.2) is 83.3 Å². The Hall–Kier alpha value is -3.71. The molecule has 0 aliphatic carbocycles. The molecule has 0 saturated carbocycles. The molecule has 4 rings (SSSR count). The molecule has 0 fully saturated rings. The Morgan fingerprint density at radius 2 is 1.34 bits per heavy atom. The third-order valence-electron chi connectivity index (χ3n) is 4.68. The number of rotatable bonds is 6. The van der Waals surface area contributed by atoms with Crippen molar-refractivity contribution < 1.29 is 4.79 Å². The second-order valence-corrected chi connectivity index (χ2v) is 8.29. The third-order valence-corrected chi connectivity index (χ3v) is 5.21. The van der Waals surface area contributed by atoms with Gasteiger partial charge in [-0.1, -0.05) is 33.6 Å². The summed E-state index contributed by atoms with van der Waals surface area (Å²) in [7, 11) is 0. The first-order valence-corrected chi connectivity index (χ1v) is 10.9. The average molecular weight is 488 g/mol. The zero-order chi connectivity index (χ0) is 22.5. The number of hydrogen-bond donors (Lipinski definition) is 3. The minimum atomic E-state index is -0.156. The lowest BCUT2D eigenvalue weighted by Crippen LogP contribution is -2.11. The number of aryl methyl sites for hydroxylation is 2.